The van der Waals surface area contributed by atoms with Gasteiger partial charge in [0.25, 0.3) is 0 Å². The lowest BCUT2D eigenvalue weighted by atomic mass is 9.85. The predicted octanol–water partition coefficient (Wildman–Crippen LogP) is 1.56. The Morgan fingerprint density at radius 1 is 1.18 bits per heavy atom. The molecule has 98 valence electrons. The lowest BCUT2D eigenvalue weighted by molar-refractivity contribution is -0.123. The average molecular weight is 261 g/mol. The Kier molecular flexibility index (Phi) is 6.34. The van der Waals surface area contributed by atoms with E-state index in [4.69, 9.17) is 17.3 Å². The van der Waals surface area contributed by atoms with Crippen LogP contribution in [0.4, 0.5) is 0 Å². The third kappa shape index (κ3) is 5.39. The third-order valence-electron chi connectivity index (χ3n) is 3.28. The van der Waals surface area contributed by atoms with Gasteiger partial charge in [-0.1, -0.05) is 0 Å². The van der Waals surface area contributed by atoms with Gasteiger partial charge in [0.05, 0.1) is 0 Å². The molecule has 2 amide bonds. The highest BCUT2D eigenvalue weighted by molar-refractivity contribution is 6.17. The maximum atomic E-state index is 11.6. The number of amides is 2. The Balaban J connectivity index is 2.17. The van der Waals surface area contributed by atoms with Crippen LogP contribution in [0.2, 0.25) is 0 Å². The first-order valence-electron chi connectivity index (χ1n) is 6.28. The molecule has 1 rings (SSSR count). The maximum Gasteiger partial charge on any atom is 0.220 e. The van der Waals surface area contributed by atoms with Gasteiger partial charge in [-0.2, -0.15) is 0 Å². The third-order valence-corrected chi connectivity index (χ3v) is 3.55. The number of primary amides is 1. The van der Waals surface area contributed by atoms with E-state index >= 15 is 0 Å². The highest BCUT2D eigenvalue weighted by Crippen LogP contribution is 2.23. The number of rotatable bonds is 6. The van der Waals surface area contributed by atoms with Crippen molar-refractivity contribution in [3.63, 3.8) is 0 Å². The quantitative estimate of drug-likeness (QED) is 0.562. The van der Waals surface area contributed by atoms with E-state index in [1.807, 2.05) is 0 Å². The van der Waals surface area contributed by atoms with Crippen molar-refractivity contribution in [3.8, 4) is 0 Å². The van der Waals surface area contributed by atoms with Crippen LogP contribution in [0, 0.1) is 5.92 Å². The summed E-state index contributed by atoms with van der Waals surface area (Å²) in [5, 5.41) is 3.00. The molecule has 5 heteroatoms. The van der Waals surface area contributed by atoms with Crippen LogP contribution in [0.15, 0.2) is 0 Å². The fourth-order valence-corrected chi connectivity index (χ4v) is 2.39. The van der Waals surface area contributed by atoms with E-state index in [0.29, 0.717) is 12.3 Å². The molecule has 1 saturated carbocycles. The molecule has 1 aliphatic rings. The number of alkyl halides is 1. The predicted molar refractivity (Wildman–Crippen MR) is 67.7 cm³/mol. The van der Waals surface area contributed by atoms with Gasteiger partial charge in [-0.3, -0.25) is 9.59 Å². The second-order valence-electron chi connectivity index (χ2n) is 4.66. The van der Waals surface area contributed by atoms with Gasteiger partial charge < -0.3 is 11.1 Å². The van der Waals surface area contributed by atoms with Crippen molar-refractivity contribution in [3.05, 3.63) is 0 Å². The normalized spacial score (nSPS) is 24.3. The number of hydrogen-bond acceptors (Lipinski definition) is 2. The van der Waals surface area contributed by atoms with E-state index in [9.17, 15) is 9.59 Å². The molecule has 17 heavy (non-hydrogen) atoms. The van der Waals surface area contributed by atoms with Crippen molar-refractivity contribution in [2.75, 3.05) is 5.88 Å². The monoisotopic (exact) mass is 260 g/mol. The second kappa shape index (κ2) is 7.54. The Morgan fingerprint density at radius 2 is 1.82 bits per heavy atom. The fourth-order valence-electron chi connectivity index (χ4n) is 2.20. The van der Waals surface area contributed by atoms with Crippen molar-refractivity contribution in [2.24, 2.45) is 11.7 Å². The molecule has 0 radical (unpaired) electrons. The minimum atomic E-state index is -0.211. The highest BCUT2D eigenvalue weighted by Gasteiger charge is 2.25. The lowest BCUT2D eigenvalue weighted by Gasteiger charge is -2.27. The summed E-state index contributed by atoms with van der Waals surface area (Å²) < 4.78 is 0. The van der Waals surface area contributed by atoms with Crippen LogP contribution in [0.1, 0.15) is 44.9 Å². The zero-order chi connectivity index (χ0) is 12.7. The minimum Gasteiger partial charge on any atom is -0.369 e. The van der Waals surface area contributed by atoms with Gasteiger partial charge in [-0.05, 0) is 38.5 Å². The summed E-state index contributed by atoms with van der Waals surface area (Å²) in [7, 11) is 0. The molecule has 0 saturated heterocycles. The Labute approximate surface area is 107 Å². The number of unbranched alkanes of at least 4 members (excludes halogenated alkanes) is 1. The first kappa shape index (κ1) is 14.3. The molecule has 0 aromatic carbocycles. The zero-order valence-corrected chi connectivity index (χ0v) is 10.8. The summed E-state index contributed by atoms with van der Waals surface area (Å²) in [6, 6.07) is 0.217. The van der Waals surface area contributed by atoms with Crippen LogP contribution in [-0.2, 0) is 9.59 Å². The summed E-state index contributed by atoms with van der Waals surface area (Å²) in [6.07, 6.45) is 5.56. The van der Waals surface area contributed by atoms with Gasteiger partial charge in [0.15, 0.2) is 0 Å². The van der Waals surface area contributed by atoms with Crippen LogP contribution in [-0.4, -0.2) is 23.7 Å². The van der Waals surface area contributed by atoms with E-state index in [1.54, 1.807) is 0 Å². The SMILES string of the molecule is NC(=O)C1CCC(NC(=O)CCCCCl)CC1. The number of nitrogens with two attached hydrogens (primary N) is 1. The maximum absolute atomic E-state index is 11.6. The van der Waals surface area contributed by atoms with Crippen LogP contribution >= 0.6 is 11.6 Å². The standard InChI is InChI=1S/C12H21ClN2O2/c13-8-2-1-3-11(16)15-10-6-4-9(5-7-10)12(14)17/h9-10H,1-8H2,(H2,14,17)(H,15,16). The fraction of sp³-hybridized carbons (Fsp3) is 0.833. The zero-order valence-electron chi connectivity index (χ0n) is 10.1. The topological polar surface area (TPSA) is 72.2 Å². The average Bonchev–Trinajstić information content (AvgIpc) is 2.30. The summed E-state index contributed by atoms with van der Waals surface area (Å²) >= 11 is 5.55. The van der Waals surface area contributed by atoms with Crippen molar-refractivity contribution in [1.82, 2.24) is 5.32 Å². The Bertz CT molecular complexity index is 263. The first-order chi connectivity index (χ1) is 8.13. The second-order valence-corrected chi connectivity index (χ2v) is 5.04. The van der Waals surface area contributed by atoms with Crippen LogP contribution in [0.5, 0.6) is 0 Å². The molecule has 0 aliphatic heterocycles. The summed E-state index contributed by atoms with van der Waals surface area (Å²) in [5.41, 5.74) is 5.26. The van der Waals surface area contributed by atoms with Crippen LogP contribution < -0.4 is 11.1 Å². The molecule has 1 aliphatic carbocycles. The number of carbonyl (C=O) groups is 2. The Hall–Kier alpha value is -0.770. The van der Waals surface area contributed by atoms with Crippen LogP contribution in [0.25, 0.3) is 0 Å². The van der Waals surface area contributed by atoms with Crippen LogP contribution in [0.3, 0.4) is 0 Å². The molecule has 0 aromatic heterocycles. The molecule has 3 N–H and O–H groups in total. The first-order valence-corrected chi connectivity index (χ1v) is 6.81. The molecule has 0 aromatic rings. The van der Waals surface area contributed by atoms with Crippen molar-refractivity contribution in [1.29, 1.82) is 0 Å². The smallest absolute Gasteiger partial charge is 0.220 e. The lowest BCUT2D eigenvalue weighted by Crippen LogP contribution is -2.39. The molecule has 0 bridgehead atoms. The Morgan fingerprint density at radius 3 is 2.35 bits per heavy atom. The van der Waals surface area contributed by atoms with Gasteiger partial charge in [0.1, 0.15) is 0 Å². The minimum absolute atomic E-state index is 0.000555. The van der Waals surface area contributed by atoms with E-state index in [1.165, 1.54) is 0 Å². The highest BCUT2D eigenvalue weighted by atomic mass is 35.5. The summed E-state index contributed by atoms with van der Waals surface area (Å²) in [6.45, 7) is 0. The molecule has 0 heterocycles. The molecule has 0 spiro atoms. The van der Waals surface area contributed by atoms with Gasteiger partial charge in [0.2, 0.25) is 11.8 Å². The molecular weight excluding hydrogens is 240 g/mol. The molecule has 0 unspecified atom stereocenters. The largest absolute Gasteiger partial charge is 0.369 e. The molecule has 1 fully saturated rings. The van der Waals surface area contributed by atoms with Gasteiger partial charge >= 0.3 is 0 Å². The molecular formula is C12H21ClN2O2. The molecule has 4 nitrogen and oxygen atoms in total. The van der Waals surface area contributed by atoms with E-state index in [-0.39, 0.29) is 23.8 Å². The number of halogens is 1. The summed E-state index contributed by atoms with van der Waals surface area (Å²) in [4.78, 5) is 22.5. The van der Waals surface area contributed by atoms with E-state index in [0.717, 1.165) is 38.5 Å². The number of nitrogens with one attached hydrogen (secondary N) is 1. The van der Waals surface area contributed by atoms with E-state index in [2.05, 4.69) is 5.32 Å². The van der Waals surface area contributed by atoms with Crippen molar-refractivity contribution >= 4 is 23.4 Å². The van der Waals surface area contributed by atoms with E-state index < -0.39 is 0 Å². The number of carbonyl (C=O) groups excluding carboxylic acids is 2. The van der Waals surface area contributed by atoms with Gasteiger partial charge in [-0.15, -0.1) is 11.6 Å². The number of hydrogen-bond donors (Lipinski definition) is 2. The molecule has 0 atom stereocenters. The van der Waals surface area contributed by atoms with Crippen molar-refractivity contribution < 1.29 is 9.59 Å². The summed E-state index contributed by atoms with van der Waals surface area (Å²) in [5.74, 6) is 0.491. The van der Waals surface area contributed by atoms with Gasteiger partial charge in [0, 0.05) is 24.3 Å². The van der Waals surface area contributed by atoms with Crippen molar-refractivity contribution in [2.45, 2.75) is 51.0 Å². The van der Waals surface area contributed by atoms with Gasteiger partial charge in [-0.25, -0.2) is 0 Å².